The monoisotopic (exact) mass is 313 g/mol. The minimum atomic E-state index is -0.839. The number of piperidine rings is 1. The van der Waals surface area contributed by atoms with Gasteiger partial charge in [-0.3, -0.25) is 9.59 Å². The highest BCUT2D eigenvalue weighted by Gasteiger charge is 2.32. The minimum absolute atomic E-state index is 0.162. The fourth-order valence-electron chi connectivity index (χ4n) is 3.03. The molecule has 1 fully saturated rings. The standard InChI is InChI=1S/C17H19N3O3/c1-12-7-13(17(22)23)10-19(9-12)16(21)14-8-18-20(11-14)15-5-3-2-4-6-15/h2-6,8,11-13H,7,9-10H2,1H3,(H,22,23). The first-order valence-electron chi connectivity index (χ1n) is 7.66. The van der Waals surface area contributed by atoms with Gasteiger partial charge in [-0.15, -0.1) is 0 Å². The van der Waals surface area contributed by atoms with E-state index in [0.29, 0.717) is 18.5 Å². The molecule has 0 bridgehead atoms. The summed E-state index contributed by atoms with van der Waals surface area (Å²) in [7, 11) is 0. The van der Waals surface area contributed by atoms with Crippen LogP contribution in [0.5, 0.6) is 0 Å². The van der Waals surface area contributed by atoms with E-state index < -0.39 is 11.9 Å². The summed E-state index contributed by atoms with van der Waals surface area (Å²) in [5, 5.41) is 13.5. The Morgan fingerprint density at radius 2 is 1.96 bits per heavy atom. The Morgan fingerprint density at radius 1 is 1.22 bits per heavy atom. The van der Waals surface area contributed by atoms with E-state index in [1.165, 1.54) is 6.20 Å². The number of carboxylic acids is 1. The molecule has 1 saturated heterocycles. The number of benzene rings is 1. The molecule has 2 atom stereocenters. The molecule has 1 aromatic carbocycles. The Bertz CT molecular complexity index is 711. The van der Waals surface area contributed by atoms with E-state index >= 15 is 0 Å². The summed E-state index contributed by atoms with van der Waals surface area (Å²) < 4.78 is 1.65. The molecule has 1 aliphatic rings. The Kier molecular flexibility index (Phi) is 4.14. The lowest BCUT2D eigenvalue weighted by Gasteiger charge is -2.34. The predicted octanol–water partition coefficient (Wildman–Crippen LogP) is 2.06. The van der Waals surface area contributed by atoms with Crippen molar-refractivity contribution in [2.75, 3.05) is 13.1 Å². The molecule has 2 heterocycles. The number of rotatable bonds is 3. The number of para-hydroxylation sites is 1. The minimum Gasteiger partial charge on any atom is -0.481 e. The molecule has 23 heavy (non-hydrogen) atoms. The van der Waals surface area contributed by atoms with Gasteiger partial charge in [-0.1, -0.05) is 25.1 Å². The van der Waals surface area contributed by atoms with Gasteiger partial charge < -0.3 is 10.0 Å². The Hall–Kier alpha value is -2.63. The second-order valence-electron chi connectivity index (χ2n) is 6.10. The van der Waals surface area contributed by atoms with Crippen LogP contribution in [0.15, 0.2) is 42.7 Å². The Labute approximate surface area is 134 Å². The summed E-state index contributed by atoms with van der Waals surface area (Å²) in [6, 6.07) is 9.54. The summed E-state index contributed by atoms with van der Waals surface area (Å²) in [5.74, 6) is -1.32. The largest absolute Gasteiger partial charge is 0.481 e. The number of likely N-dealkylation sites (tertiary alicyclic amines) is 1. The lowest BCUT2D eigenvalue weighted by molar-refractivity contribution is -0.143. The molecule has 0 aliphatic carbocycles. The van der Waals surface area contributed by atoms with Crippen LogP contribution < -0.4 is 0 Å². The van der Waals surface area contributed by atoms with Crippen molar-refractivity contribution in [1.29, 1.82) is 0 Å². The van der Waals surface area contributed by atoms with Crippen molar-refractivity contribution >= 4 is 11.9 Å². The highest BCUT2D eigenvalue weighted by atomic mass is 16.4. The van der Waals surface area contributed by atoms with E-state index in [9.17, 15) is 14.7 Å². The fraction of sp³-hybridized carbons (Fsp3) is 0.353. The molecule has 0 radical (unpaired) electrons. The molecule has 3 rings (SSSR count). The van der Waals surface area contributed by atoms with Crippen molar-refractivity contribution in [1.82, 2.24) is 14.7 Å². The number of carbonyl (C=O) groups is 2. The van der Waals surface area contributed by atoms with E-state index in [4.69, 9.17) is 0 Å². The first-order valence-corrected chi connectivity index (χ1v) is 7.66. The van der Waals surface area contributed by atoms with E-state index in [2.05, 4.69) is 5.10 Å². The van der Waals surface area contributed by atoms with Crippen LogP contribution in [-0.4, -0.2) is 44.8 Å². The quantitative estimate of drug-likeness (QED) is 0.941. The summed E-state index contributed by atoms with van der Waals surface area (Å²) in [6.45, 7) is 2.82. The van der Waals surface area contributed by atoms with Crippen molar-refractivity contribution < 1.29 is 14.7 Å². The SMILES string of the molecule is CC1CC(C(=O)O)CN(C(=O)c2cnn(-c3ccccc3)c2)C1. The van der Waals surface area contributed by atoms with Crippen LogP contribution in [-0.2, 0) is 4.79 Å². The molecular weight excluding hydrogens is 294 g/mol. The number of hydrogen-bond donors (Lipinski definition) is 1. The molecule has 6 heteroatoms. The van der Waals surface area contributed by atoms with Crippen molar-refractivity contribution in [3.8, 4) is 5.69 Å². The maximum atomic E-state index is 12.6. The maximum Gasteiger partial charge on any atom is 0.308 e. The maximum absolute atomic E-state index is 12.6. The topological polar surface area (TPSA) is 75.4 Å². The number of aliphatic carboxylic acids is 1. The van der Waals surface area contributed by atoms with Gasteiger partial charge in [0.2, 0.25) is 0 Å². The molecule has 1 amide bonds. The Balaban J connectivity index is 1.78. The lowest BCUT2D eigenvalue weighted by Crippen LogP contribution is -2.45. The van der Waals surface area contributed by atoms with Gasteiger partial charge >= 0.3 is 5.97 Å². The van der Waals surface area contributed by atoms with Crippen molar-refractivity contribution in [2.45, 2.75) is 13.3 Å². The second-order valence-corrected chi connectivity index (χ2v) is 6.10. The van der Waals surface area contributed by atoms with E-state index in [0.717, 1.165) is 5.69 Å². The lowest BCUT2D eigenvalue weighted by atomic mass is 9.90. The third kappa shape index (κ3) is 3.26. The molecule has 120 valence electrons. The first-order chi connectivity index (χ1) is 11.0. The molecule has 2 aromatic rings. The third-order valence-electron chi connectivity index (χ3n) is 4.15. The molecule has 0 saturated carbocycles. The van der Waals surface area contributed by atoms with Gasteiger partial charge in [0.15, 0.2) is 0 Å². The number of aromatic nitrogens is 2. The van der Waals surface area contributed by atoms with Gasteiger partial charge in [0.25, 0.3) is 5.91 Å². The second kappa shape index (κ2) is 6.24. The van der Waals surface area contributed by atoms with Crippen LogP contribution >= 0.6 is 0 Å². The first kappa shape index (κ1) is 15.3. The van der Waals surface area contributed by atoms with Crippen molar-refractivity contribution in [2.24, 2.45) is 11.8 Å². The summed E-state index contributed by atoms with van der Waals surface area (Å²) in [4.78, 5) is 25.5. The molecular formula is C17H19N3O3. The highest BCUT2D eigenvalue weighted by Crippen LogP contribution is 2.23. The third-order valence-corrected chi connectivity index (χ3v) is 4.15. The highest BCUT2D eigenvalue weighted by molar-refractivity contribution is 5.94. The normalized spacial score (nSPS) is 21.2. The zero-order chi connectivity index (χ0) is 16.4. The summed E-state index contributed by atoms with van der Waals surface area (Å²) >= 11 is 0. The van der Waals surface area contributed by atoms with Crippen LogP contribution in [0.4, 0.5) is 0 Å². The molecule has 2 unspecified atom stereocenters. The molecule has 0 spiro atoms. The van der Waals surface area contributed by atoms with Gasteiger partial charge in [-0.05, 0) is 24.5 Å². The summed E-state index contributed by atoms with van der Waals surface area (Å²) in [6.07, 6.45) is 3.83. The number of hydrogen-bond acceptors (Lipinski definition) is 3. The molecule has 1 N–H and O–H groups in total. The van der Waals surface area contributed by atoms with Crippen LogP contribution in [0.3, 0.4) is 0 Å². The van der Waals surface area contributed by atoms with Crippen LogP contribution in [0, 0.1) is 11.8 Å². The number of amides is 1. The summed E-state index contributed by atoms with van der Waals surface area (Å²) in [5.41, 5.74) is 1.36. The number of carbonyl (C=O) groups excluding carboxylic acids is 1. The van der Waals surface area contributed by atoms with Crippen molar-refractivity contribution in [3.05, 3.63) is 48.3 Å². The van der Waals surface area contributed by atoms with E-state index in [-0.39, 0.29) is 18.4 Å². The van der Waals surface area contributed by atoms with Crippen LogP contribution in [0.2, 0.25) is 0 Å². The number of carboxylic acid groups (broad SMARTS) is 1. The van der Waals surface area contributed by atoms with E-state index in [1.807, 2.05) is 37.3 Å². The Morgan fingerprint density at radius 3 is 2.65 bits per heavy atom. The molecule has 1 aliphatic heterocycles. The van der Waals surface area contributed by atoms with Gasteiger partial charge in [0.1, 0.15) is 0 Å². The number of nitrogens with zero attached hydrogens (tertiary/aromatic N) is 3. The van der Waals surface area contributed by atoms with E-state index in [1.54, 1.807) is 15.8 Å². The van der Waals surface area contributed by atoms with Crippen molar-refractivity contribution in [3.63, 3.8) is 0 Å². The average molecular weight is 313 g/mol. The van der Waals surface area contributed by atoms with Crippen LogP contribution in [0.25, 0.3) is 5.69 Å². The molecule has 6 nitrogen and oxygen atoms in total. The average Bonchev–Trinajstić information content (AvgIpc) is 3.04. The van der Waals surface area contributed by atoms with Gasteiger partial charge in [-0.2, -0.15) is 5.10 Å². The fourth-order valence-corrected chi connectivity index (χ4v) is 3.03. The van der Waals surface area contributed by atoms with Gasteiger partial charge in [0.05, 0.1) is 23.4 Å². The molecule has 1 aromatic heterocycles. The van der Waals surface area contributed by atoms with Gasteiger partial charge in [0, 0.05) is 19.3 Å². The zero-order valence-electron chi connectivity index (χ0n) is 12.9. The van der Waals surface area contributed by atoms with Gasteiger partial charge in [-0.25, -0.2) is 4.68 Å². The zero-order valence-corrected chi connectivity index (χ0v) is 12.9. The smallest absolute Gasteiger partial charge is 0.308 e. The van der Waals surface area contributed by atoms with Crippen LogP contribution in [0.1, 0.15) is 23.7 Å². The predicted molar refractivity (Wildman–Crippen MR) is 84.4 cm³/mol.